The lowest BCUT2D eigenvalue weighted by Gasteiger charge is -2.10. The number of aryl methyl sites for hydroxylation is 1. The highest BCUT2D eigenvalue weighted by molar-refractivity contribution is 7.22. The van der Waals surface area contributed by atoms with Crippen molar-refractivity contribution >= 4 is 32.4 Å². The van der Waals surface area contributed by atoms with Crippen molar-refractivity contribution in [3.05, 3.63) is 48.0 Å². The lowest BCUT2D eigenvalue weighted by atomic mass is 10.1. The molecule has 2 aromatic carbocycles. The highest BCUT2D eigenvalue weighted by Gasteiger charge is 2.11. The topological polar surface area (TPSA) is 34.1 Å². The fourth-order valence-electron chi connectivity index (χ4n) is 2.38. The summed E-state index contributed by atoms with van der Waals surface area (Å²) in [4.78, 5) is 4.75. The maximum absolute atomic E-state index is 5.85. The molecule has 0 bridgehead atoms. The SMILES string of the molecule is CCc1cc(OC(C)C)cc2sc(Nc3ccccc3)nc12. The van der Waals surface area contributed by atoms with Gasteiger partial charge in [-0.25, -0.2) is 4.98 Å². The lowest BCUT2D eigenvalue weighted by Crippen LogP contribution is -2.05. The molecule has 22 heavy (non-hydrogen) atoms. The summed E-state index contributed by atoms with van der Waals surface area (Å²) in [6.45, 7) is 6.24. The van der Waals surface area contributed by atoms with Crippen LogP contribution in [0.2, 0.25) is 0 Å². The van der Waals surface area contributed by atoms with Crippen LogP contribution in [0.3, 0.4) is 0 Å². The third kappa shape index (κ3) is 3.22. The van der Waals surface area contributed by atoms with E-state index in [-0.39, 0.29) is 6.10 Å². The molecule has 4 heteroatoms. The summed E-state index contributed by atoms with van der Waals surface area (Å²) in [5.41, 5.74) is 3.35. The van der Waals surface area contributed by atoms with Crippen LogP contribution < -0.4 is 10.1 Å². The second-order valence-electron chi connectivity index (χ2n) is 5.46. The molecule has 1 aromatic heterocycles. The molecule has 1 N–H and O–H groups in total. The summed E-state index contributed by atoms with van der Waals surface area (Å²) in [7, 11) is 0. The van der Waals surface area contributed by atoms with Crippen molar-refractivity contribution in [3.8, 4) is 5.75 Å². The molecule has 0 radical (unpaired) electrons. The van der Waals surface area contributed by atoms with Crippen LogP contribution in [0, 0.1) is 0 Å². The van der Waals surface area contributed by atoms with Gasteiger partial charge in [0.15, 0.2) is 5.13 Å². The Kier molecular flexibility index (Phi) is 4.29. The van der Waals surface area contributed by atoms with E-state index in [0.29, 0.717) is 0 Å². The predicted molar refractivity (Wildman–Crippen MR) is 94.5 cm³/mol. The van der Waals surface area contributed by atoms with E-state index in [1.54, 1.807) is 11.3 Å². The van der Waals surface area contributed by atoms with Crippen LogP contribution in [0.25, 0.3) is 10.2 Å². The van der Waals surface area contributed by atoms with Gasteiger partial charge in [0.2, 0.25) is 0 Å². The molecule has 1 heterocycles. The van der Waals surface area contributed by atoms with Crippen molar-refractivity contribution in [2.75, 3.05) is 5.32 Å². The van der Waals surface area contributed by atoms with Gasteiger partial charge in [0.1, 0.15) is 5.75 Å². The van der Waals surface area contributed by atoms with E-state index < -0.39 is 0 Å². The number of nitrogens with zero attached hydrogens (tertiary/aromatic N) is 1. The molecule has 3 rings (SSSR count). The molecule has 0 aliphatic rings. The maximum atomic E-state index is 5.85. The maximum Gasteiger partial charge on any atom is 0.188 e. The minimum atomic E-state index is 0.178. The number of benzene rings is 2. The number of fused-ring (bicyclic) bond motifs is 1. The molecule has 0 fully saturated rings. The first-order chi connectivity index (χ1) is 10.7. The van der Waals surface area contributed by atoms with Gasteiger partial charge in [-0.3, -0.25) is 0 Å². The van der Waals surface area contributed by atoms with Crippen LogP contribution in [0.1, 0.15) is 26.3 Å². The molecular weight excluding hydrogens is 292 g/mol. The van der Waals surface area contributed by atoms with Gasteiger partial charge < -0.3 is 10.1 Å². The van der Waals surface area contributed by atoms with Crippen LogP contribution in [0.4, 0.5) is 10.8 Å². The van der Waals surface area contributed by atoms with E-state index in [9.17, 15) is 0 Å². The third-order valence-corrected chi connectivity index (χ3v) is 4.24. The number of hydrogen-bond acceptors (Lipinski definition) is 4. The van der Waals surface area contributed by atoms with Crippen LogP contribution in [-0.4, -0.2) is 11.1 Å². The largest absolute Gasteiger partial charge is 0.491 e. The molecule has 0 amide bonds. The molecule has 0 spiro atoms. The fraction of sp³-hybridized carbons (Fsp3) is 0.278. The molecule has 3 aromatic rings. The first-order valence-corrected chi connectivity index (χ1v) is 8.39. The predicted octanol–water partition coefficient (Wildman–Crippen LogP) is 5.39. The van der Waals surface area contributed by atoms with Crippen molar-refractivity contribution < 1.29 is 4.74 Å². The average Bonchev–Trinajstić information content (AvgIpc) is 2.89. The first kappa shape index (κ1) is 14.9. The molecule has 3 nitrogen and oxygen atoms in total. The van der Waals surface area contributed by atoms with Crippen molar-refractivity contribution in [2.45, 2.75) is 33.3 Å². The number of anilines is 2. The number of ether oxygens (including phenoxy) is 1. The van der Waals surface area contributed by atoms with Crippen LogP contribution >= 0.6 is 11.3 Å². The van der Waals surface area contributed by atoms with Crippen molar-refractivity contribution in [2.24, 2.45) is 0 Å². The van der Waals surface area contributed by atoms with Gasteiger partial charge >= 0.3 is 0 Å². The number of aromatic nitrogens is 1. The Morgan fingerprint density at radius 1 is 1.18 bits per heavy atom. The van der Waals surface area contributed by atoms with E-state index in [1.165, 1.54) is 5.56 Å². The Balaban J connectivity index is 1.97. The van der Waals surface area contributed by atoms with Gasteiger partial charge in [-0.15, -0.1) is 0 Å². The monoisotopic (exact) mass is 312 g/mol. The Morgan fingerprint density at radius 2 is 1.95 bits per heavy atom. The van der Waals surface area contributed by atoms with E-state index in [1.807, 2.05) is 44.2 Å². The summed E-state index contributed by atoms with van der Waals surface area (Å²) in [5, 5.41) is 4.29. The van der Waals surface area contributed by atoms with Crippen LogP contribution in [0.5, 0.6) is 5.75 Å². The Labute approximate surface area is 135 Å². The van der Waals surface area contributed by atoms with Gasteiger partial charge in [0.25, 0.3) is 0 Å². The average molecular weight is 312 g/mol. The van der Waals surface area contributed by atoms with Gasteiger partial charge in [0.05, 0.1) is 16.3 Å². The zero-order valence-electron chi connectivity index (χ0n) is 13.1. The number of para-hydroxylation sites is 1. The third-order valence-electron chi connectivity index (χ3n) is 3.33. The number of nitrogens with one attached hydrogen (secondary N) is 1. The molecule has 0 saturated carbocycles. The second-order valence-corrected chi connectivity index (χ2v) is 6.49. The summed E-state index contributed by atoms with van der Waals surface area (Å²) < 4.78 is 7.01. The molecule has 0 aliphatic heterocycles. The highest BCUT2D eigenvalue weighted by atomic mass is 32.1. The minimum absolute atomic E-state index is 0.178. The Bertz CT molecular complexity index is 765. The van der Waals surface area contributed by atoms with E-state index in [2.05, 4.69) is 24.4 Å². The van der Waals surface area contributed by atoms with Crippen molar-refractivity contribution in [3.63, 3.8) is 0 Å². The summed E-state index contributed by atoms with van der Waals surface area (Å²) in [6.07, 6.45) is 1.12. The summed E-state index contributed by atoms with van der Waals surface area (Å²) in [6, 6.07) is 14.3. The summed E-state index contributed by atoms with van der Waals surface area (Å²) in [5.74, 6) is 0.925. The molecule has 0 saturated heterocycles. The Hall–Kier alpha value is -2.07. The molecule has 0 atom stereocenters. The molecule has 114 valence electrons. The quantitative estimate of drug-likeness (QED) is 0.686. The smallest absolute Gasteiger partial charge is 0.188 e. The lowest BCUT2D eigenvalue weighted by molar-refractivity contribution is 0.242. The van der Waals surface area contributed by atoms with Gasteiger partial charge in [-0.05, 0) is 50.1 Å². The molecule has 0 aliphatic carbocycles. The normalized spacial score (nSPS) is 11.1. The summed E-state index contributed by atoms with van der Waals surface area (Å²) >= 11 is 1.66. The van der Waals surface area contributed by atoms with Gasteiger partial charge in [-0.2, -0.15) is 0 Å². The van der Waals surface area contributed by atoms with Gasteiger partial charge in [0, 0.05) is 5.69 Å². The van der Waals surface area contributed by atoms with Gasteiger partial charge in [-0.1, -0.05) is 36.5 Å². The Morgan fingerprint density at radius 3 is 2.64 bits per heavy atom. The second kappa shape index (κ2) is 6.36. The number of hydrogen-bond donors (Lipinski definition) is 1. The number of rotatable bonds is 5. The molecular formula is C18H20N2OS. The first-order valence-electron chi connectivity index (χ1n) is 7.58. The fourth-order valence-corrected chi connectivity index (χ4v) is 3.34. The van der Waals surface area contributed by atoms with E-state index >= 15 is 0 Å². The van der Waals surface area contributed by atoms with Crippen molar-refractivity contribution in [1.82, 2.24) is 4.98 Å². The standard InChI is InChI=1S/C18H20N2OS/c1-4-13-10-15(21-12(2)3)11-16-17(13)20-18(22-16)19-14-8-6-5-7-9-14/h5-12H,4H2,1-3H3,(H,19,20). The zero-order chi connectivity index (χ0) is 15.5. The van der Waals surface area contributed by atoms with Crippen LogP contribution in [0.15, 0.2) is 42.5 Å². The number of thiazole rings is 1. The zero-order valence-corrected chi connectivity index (χ0v) is 13.9. The van der Waals surface area contributed by atoms with E-state index in [0.717, 1.165) is 33.2 Å². The van der Waals surface area contributed by atoms with E-state index in [4.69, 9.17) is 9.72 Å². The molecule has 0 unspecified atom stereocenters. The van der Waals surface area contributed by atoms with Crippen molar-refractivity contribution in [1.29, 1.82) is 0 Å². The van der Waals surface area contributed by atoms with Crippen LogP contribution in [-0.2, 0) is 6.42 Å². The highest BCUT2D eigenvalue weighted by Crippen LogP contribution is 2.34. The minimum Gasteiger partial charge on any atom is -0.491 e.